The minimum absolute atomic E-state index is 0.111. The van der Waals surface area contributed by atoms with Crippen LogP contribution in [-0.2, 0) is 9.59 Å². The first-order chi connectivity index (χ1) is 12.8. The zero-order valence-corrected chi connectivity index (χ0v) is 16.4. The number of carbonyl (C=O) groups is 2. The Hall–Kier alpha value is -3.09. The molecular weight excluding hydrogens is 344 g/mol. The van der Waals surface area contributed by atoms with E-state index in [4.69, 9.17) is 4.74 Å². The van der Waals surface area contributed by atoms with Gasteiger partial charge in [0.25, 0.3) is 0 Å². The molecule has 0 radical (unpaired) electrons. The smallest absolute Gasteiger partial charge is 0.329 e. The van der Waals surface area contributed by atoms with Crippen molar-refractivity contribution in [1.29, 1.82) is 0 Å². The quantitative estimate of drug-likeness (QED) is 0.465. The molecule has 1 aromatic carbocycles. The number of benzene rings is 1. The van der Waals surface area contributed by atoms with Gasteiger partial charge < -0.3 is 14.6 Å². The van der Waals surface area contributed by atoms with Crippen LogP contribution in [0.5, 0.6) is 5.75 Å². The van der Waals surface area contributed by atoms with Crippen LogP contribution in [0.15, 0.2) is 35.4 Å². The third-order valence-corrected chi connectivity index (χ3v) is 3.87. The van der Waals surface area contributed by atoms with Gasteiger partial charge in [0, 0.05) is 28.7 Å². The fourth-order valence-corrected chi connectivity index (χ4v) is 2.71. The van der Waals surface area contributed by atoms with Crippen molar-refractivity contribution in [2.75, 3.05) is 6.61 Å². The van der Waals surface area contributed by atoms with E-state index < -0.39 is 11.8 Å². The number of hydrogen-bond donors (Lipinski definition) is 2. The van der Waals surface area contributed by atoms with Gasteiger partial charge in [0.15, 0.2) is 0 Å². The number of aromatic nitrogens is 1. The maximum atomic E-state index is 11.7. The highest BCUT2D eigenvalue weighted by Crippen LogP contribution is 2.22. The van der Waals surface area contributed by atoms with E-state index in [1.165, 1.54) is 6.21 Å². The second kappa shape index (κ2) is 9.02. The van der Waals surface area contributed by atoms with Crippen LogP contribution in [0.3, 0.4) is 0 Å². The Kier molecular flexibility index (Phi) is 6.76. The van der Waals surface area contributed by atoms with Gasteiger partial charge in [0.1, 0.15) is 5.75 Å². The number of nitrogens with zero attached hydrogens (tertiary/aromatic N) is 2. The summed E-state index contributed by atoms with van der Waals surface area (Å²) in [7, 11) is 0. The summed E-state index contributed by atoms with van der Waals surface area (Å²) in [5.41, 5.74) is 6.11. The summed E-state index contributed by atoms with van der Waals surface area (Å²) in [5.74, 6) is -0.671. The Morgan fingerprint density at radius 3 is 2.44 bits per heavy atom. The molecule has 2 N–H and O–H groups in total. The summed E-state index contributed by atoms with van der Waals surface area (Å²) in [6.07, 6.45) is 1.54. The molecule has 0 saturated heterocycles. The van der Waals surface area contributed by atoms with Crippen LogP contribution in [0.1, 0.15) is 37.7 Å². The largest absolute Gasteiger partial charge is 0.494 e. The molecule has 7 heteroatoms. The van der Waals surface area contributed by atoms with Crippen molar-refractivity contribution < 1.29 is 14.3 Å². The fraction of sp³-hybridized carbons (Fsp3) is 0.350. The van der Waals surface area contributed by atoms with Gasteiger partial charge in [-0.2, -0.15) is 5.10 Å². The van der Waals surface area contributed by atoms with E-state index in [-0.39, 0.29) is 6.04 Å². The monoisotopic (exact) mass is 370 g/mol. The molecule has 0 fully saturated rings. The molecule has 7 nitrogen and oxygen atoms in total. The van der Waals surface area contributed by atoms with Gasteiger partial charge in [-0.3, -0.25) is 9.59 Å². The minimum atomic E-state index is -0.791. The lowest BCUT2D eigenvalue weighted by Crippen LogP contribution is -2.41. The molecule has 1 aromatic heterocycles. The third kappa shape index (κ3) is 5.20. The van der Waals surface area contributed by atoms with E-state index in [1.54, 1.807) is 13.8 Å². The number of rotatable bonds is 6. The molecule has 0 aliphatic heterocycles. The summed E-state index contributed by atoms with van der Waals surface area (Å²) < 4.78 is 7.57. The maximum absolute atomic E-state index is 11.7. The maximum Gasteiger partial charge on any atom is 0.329 e. The van der Waals surface area contributed by atoms with E-state index in [1.807, 2.05) is 51.1 Å². The van der Waals surface area contributed by atoms with Crippen molar-refractivity contribution in [1.82, 2.24) is 15.3 Å². The van der Waals surface area contributed by atoms with Crippen LogP contribution < -0.4 is 15.5 Å². The van der Waals surface area contributed by atoms with Crippen molar-refractivity contribution in [3.05, 3.63) is 47.3 Å². The van der Waals surface area contributed by atoms with Crippen LogP contribution in [0.2, 0.25) is 0 Å². The highest BCUT2D eigenvalue weighted by molar-refractivity contribution is 6.35. The molecule has 0 saturated carbocycles. The first kappa shape index (κ1) is 20.2. The number of aryl methyl sites for hydroxylation is 1. The van der Waals surface area contributed by atoms with Crippen LogP contribution in [-0.4, -0.2) is 35.2 Å². The van der Waals surface area contributed by atoms with E-state index >= 15 is 0 Å². The molecule has 2 aromatic rings. The lowest BCUT2D eigenvalue weighted by molar-refractivity contribution is -0.139. The Bertz CT molecular complexity index is 836. The highest BCUT2D eigenvalue weighted by atomic mass is 16.5. The summed E-state index contributed by atoms with van der Waals surface area (Å²) in [5, 5.41) is 6.41. The van der Waals surface area contributed by atoms with Crippen molar-refractivity contribution in [2.24, 2.45) is 5.10 Å². The number of hydrazone groups is 1. The van der Waals surface area contributed by atoms with Crippen molar-refractivity contribution >= 4 is 18.0 Å². The molecule has 27 heavy (non-hydrogen) atoms. The molecule has 0 unspecified atom stereocenters. The second-order valence-corrected chi connectivity index (χ2v) is 6.42. The average Bonchev–Trinajstić information content (AvgIpc) is 2.89. The number of amides is 2. The average molecular weight is 370 g/mol. The zero-order valence-electron chi connectivity index (χ0n) is 16.4. The third-order valence-electron chi connectivity index (χ3n) is 3.87. The molecule has 0 aliphatic rings. The summed E-state index contributed by atoms with van der Waals surface area (Å²) in [6, 6.07) is 9.70. The Morgan fingerprint density at radius 2 is 1.85 bits per heavy atom. The number of carbonyl (C=O) groups excluding carboxylic acids is 2. The first-order valence-corrected chi connectivity index (χ1v) is 8.89. The Balaban J connectivity index is 2.13. The molecule has 0 aliphatic carbocycles. The van der Waals surface area contributed by atoms with E-state index in [2.05, 4.69) is 20.4 Å². The highest BCUT2D eigenvalue weighted by Gasteiger charge is 2.13. The van der Waals surface area contributed by atoms with Crippen molar-refractivity contribution in [2.45, 2.75) is 40.7 Å². The summed E-state index contributed by atoms with van der Waals surface area (Å²) >= 11 is 0. The van der Waals surface area contributed by atoms with Crippen LogP contribution >= 0.6 is 0 Å². The van der Waals surface area contributed by atoms with Gasteiger partial charge >= 0.3 is 11.8 Å². The lowest BCUT2D eigenvalue weighted by Gasteiger charge is -2.11. The minimum Gasteiger partial charge on any atom is -0.494 e. The van der Waals surface area contributed by atoms with Crippen LogP contribution in [0, 0.1) is 13.8 Å². The number of ether oxygens (including phenoxy) is 1. The van der Waals surface area contributed by atoms with Gasteiger partial charge in [0.05, 0.1) is 12.8 Å². The van der Waals surface area contributed by atoms with Gasteiger partial charge in [-0.15, -0.1) is 0 Å². The molecule has 0 bridgehead atoms. The molecule has 0 spiro atoms. The van der Waals surface area contributed by atoms with E-state index in [9.17, 15) is 9.59 Å². The fourth-order valence-electron chi connectivity index (χ4n) is 2.71. The standard InChI is InChI=1S/C20H26N4O3/c1-6-27-18-9-7-17(8-10-18)24-14(4)11-16(15(24)5)12-21-23-20(26)19(25)22-13(2)3/h7-13H,6H2,1-5H3,(H,22,25)(H,23,26)/b21-12-. The SMILES string of the molecule is CCOc1ccc(-n2c(C)cc(/C=N\NC(=O)C(=O)NC(C)C)c2C)cc1. The Morgan fingerprint density at radius 1 is 1.19 bits per heavy atom. The molecule has 0 atom stereocenters. The molecular formula is C20H26N4O3. The zero-order chi connectivity index (χ0) is 20.0. The molecule has 144 valence electrons. The van der Waals surface area contributed by atoms with Crippen molar-refractivity contribution in [3.8, 4) is 11.4 Å². The van der Waals surface area contributed by atoms with E-state index in [0.717, 1.165) is 28.4 Å². The predicted octanol–water partition coefficient (Wildman–Crippen LogP) is 2.47. The van der Waals surface area contributed by atoms with Gasteiger partial charge in [-0.05, 0) is 65.0 Å². The summed E-state index contributed by atoms with van der Waals surface area (Å²) in [4.78, 5) is 23.2. The summed E-state index contributed by atoms with van der Waals surface area (Å²) in [6.45, 7) is 10.1. The van der Waals surface area contributed by atoms with Gasteiger partial charge in [0.2, 0.25) is 0 Å². The van der Waals surface area contributed by atoms with Crippen LogP contribution in [0.4, 0.5) is 0 Å². The van der Waals surface area contributed by atoms with Crippen LogP contribution in [0.25, 0.3) is 5.69 Å². The molecule has 2 rings (SSSR count). The lowest BCUT2D eigenvalue weighted by atomic mass is 10.2. The topological polar surface area (TPSA) is 84.7 Å². The van der Waals surface area contributed by atoms with Gasteiger partial charge in [-0.25, -0.2) is 5.43 Å². The van der Waals surface area contributed by atoms with Crippen molar-refractivity contribution in [3.63, 3.8) is 0 Å². The molecule has 2 amide bonds. The molecule has 1 heterocycles. The predicted molar refractivity (Wildman–Crippen MR) is 105 cm³/mol. The Labute approximate surface area is 159 Å². The normalized spacial score (nSPS) is 11.0. The van der Waals surface area contributed by atoms with E-state index in [0.29, 0.717) is 6.61 Å². The number of hydrogen-bond acceptors (Lipinski definition) is 4. The first-order valence-electron chi connectivity index (χ1n) is 8.89. The second-order valence-electron chi connectivity index (χ2n) is 6.42. The number of nitrogens with one attached hydrogen (secondary N) is 2. The van der Waals surface area contributed by atoms with Gasteiger partial charge in [-0.1, -0.05) is 0 Å².